The van der Waals surface area contributed by atoms with E-state index in [2.05, 4.69) is 31.8 Å². The lowest BCUT2D eigenvalue weighted by molar-refractivity contribution is 0.415. The Balaban J connectivity index is 1.62. The monoisotopic (exact) mass is 285 g/mol. The topological polar surface area (TPSA) is 67.8 Å². The average molecular weight is 285 g/mol. The van der Waals surface area contributed by atoms with Crippen LogP contribution in [0.4, 0.5) is 0 Å². The summed E-state index contributed by atoms with van der Waals surface area (Å²) in [5.41, 5.74) is 1.95. The number of nitrogens with one attached hydrogen (secondary N) is 2. The van der Waals surface area contributed by atoms with Gasteiger partial charge in [-0.1, -0.05) is 0 Å². The Morgan fingerprint density at radius 1 is 1.43 bits per heavy atom. The SMILES string of the molecule is COc1ccc2nc(CN[C@@H](C)Cn3ccnc3)[nH]c2c1. The third-order valence-corrected chi connectivity index (χ3v) is 3.40. The van der Waals surface area contributed by atoms with Crippen LogP contribution < -0.4 is 10.1 Å². The lowest BCUT2D eigenvalue weighted by Crippen LogP contribution is -2.29. The first-order valence-electron chi connectivity index (χ1n) is 6.96. The van der Waals surface area contributed by atoms with E-state index in [9.17, 15) is 0 Å². The maximum absolute atomic E-state index is 5.22. The van der Waals surface area contributed by atoms with Gasteiger partial charge in [-0.05, 0) is 19.1 Å². The molecule has 0 unspecified atom stereocenters. The molecule has 0 bridgehead atoms. The van der Waals surface area contributed by atoms with Gasteiger partial charge in [-0.25, -0.2) is 9.97 Å². The molecule has 0 amide bonds. The normalized spacial score (nSPS) is 12.7. The van der Waals surface area contributed by atoms with Crippen molar-refractivity contribution >= 4 is 11.0 Å². The highest BCUT2D eigenvalue weighted by atomic mass is 16.5. The van der Waals surface area contributed by atoms with Crippen LogP contribution in [0, 0.1) is 0 Å². The zero-order valence-electron chi connectivity index (χ0n) is 12.2. The Labute approximate surface area is 123 Å². The van der Waals surface area contributed by atoms with E-state index in [-0.39, 0.29) is 0 Å². The average Bonchev–Trinajstić information content (AvgIpc) is 3.12. The number of hydrogen-bond donors (Lipinski definition) is 2. The molecule has 2 aromatic heterocycles. The lowest BCUT2D eigenvalue weighted by Gasteiger charge is -2.13. The van der Waals surface area contributed by atoms with Crippen LogP contribution in [0.15, 0.2) is 36.9 Å². The van der Waals surface area contributed by atoms with Gasteiger partial charge in [0.1, 0.15) is 11.6 Å². The van der Waals surface area contributed by atoms with Gasteiger partial charge in [0.15, 0.2) is 0 Å². The minimum Gasteiger partial charge on any atom is -0.497 e. The van der Waals surface area contributed by atoms with E-state index in [0.717, 1.165) is 29.2 Å². The number of benzene rings is 1. The summed E-state index contributed by atoms with van der Waals surface area (Å²) >= 11 is 0. The Morgan fingerprint density at radius 2 is 2.33 bits per heavy atom. The van der Waals surface area contributed by atoms with Crippen molar-refractivity contribution in [1.82, 2.24) is 24.8 Å². The highest BCUT2D eigenvalue weighted by Crippen LogP contribution is 2.18. The predicted octanol–water partition coefficient (Wildman–Crippen LogP) is 1.95. The van der Waals surface area contributed by atoms with E-state index in [1.807, 2.05) is 30.7 Å². The molecule has 2 heterocycles. The number of imidazole rings is 2. The summed E-state index contributed by atoms with van der Waals surface area (Å²) in [6.45, 7) is 3.73. The summed E-state index contributed by atoms with van der Waals surface area (Å²) in [5.74, 6) is 1.76. The molecule has 2 N–H and O–H groups in total. The van der Waals surface area contributed by atoms with Crippen LogP contribution in [-0.2, 0) is 13.1 Å². The first kappa shape index (κ1) is 13.6. The van der Waals surface area contributed by atoms with Gasteiger partial charge in [0.2, 0.25) is 0 Å². The number of rotatable bonds is 6. The summed E-state index contributed by atoms with van der Waals surface area (Å²) in [6, 6.07) is 6.17. The molecule has 110 valence electrons. The van der Waals surface area contributed by atoms with Crippen molar-refractivity contribution < 1.29 is 4.74 Å². The number of methoxy groups -OCH3 is 1. The van der Waals surface area contributed by atoms with Crippen molar-refractivity contribution in [3.8, 4) is 5.75 Å². The van der Waals surface area contributed by atoms with Gasteiger partial charge in [-0.15, -0.1) is 0 Å². The van der Waals surface area contributed by atoms with Crippen LogP contribution in [0.3, 0.4) is 0 Å². The number of nitrogens with zero attached hydrogens (tertiary/aromatic N) is 3. The zero-order chi connectivity index (χ0) is 14.7. The van der Waals surface area contributed by atoms with Crippen molar-refractivity contribution in [2.75, 3.05) is 7.11 Å². The minimum absolute atomic E-state index is 0.335. The van der Waals surface area contributed by atoms with E-state index in [1.165, 1.54) is 0 Å². The number of fused-ring (bicyclic) bond motifs is 1. The van der Waals surface area contributed by atoms with Gasteiger partial charge >= 0.3 is 0 Å². The van der Waals surface area contributed by atoms with Crippen LogP contribution in [0.2, 0.25) is 0 Å². The summed E-state index contributed by atoms with van der Waals surface area (Å²) in [7, 11) is 1.66. The molecular formula is C15H19N5O. The number of H-pyrrole nitrogens is 1. The molecule has 1 aromatic carbocycles. The lowest BCUT2D eigenvalue weighted by atomic mass is 10.3. The largest absolute Gasteiger partial charge is 0.497 e. The van der Waals surface area contributed by atoms with E-state index in [1.54, 1.807) is 13.3 Å². The quantitative estimate of drug-likeness (QED) is 0.726. The Kier molecular flexibility index (Phi) is 3.87. The fraction of sp³-hybridized carbons (Fsp3) is 0.333. The maximum Gasteiger partial charge on any atom is 0.121 e. The second-order valence-electron chi connectivity index (χ2n) is 5.11. The number of ether oxygens (including phenoxy) is 1. The third-order valence-electron chi connectivity index (χ3n) is 3.40. The molecular weight excluding hydrogens is 266 g/mol. The highest BCUT2D eigenvalue weighted by Gasteiger charge is 2.06. The van der Waals surface area contributed by atoms with E-state index in [4.69, 9.17) is 4.74 Å². The Bertz CT molecular complexity index is 704. The first-order chi connectivity index (χ1) is 10.2. The molecule has 0 spiro atoms. The molecule has 6 heteroatoms. The Hall–Kier alpha value is -2.34. The fourth-order valence-corrected chi connectivity index (χ4v) is 2.30. The predicted molar refractivity (Wildman–Crippen MR) is 81.2 cm³/mol. The molecule has 3 rings (SSSR count). The van der Waals surface area contributed by atoms with Crippen molar-refractivity contribution in [3.63, 3.8) is 0 Å². The molecule has 0 fully saturated rings. The standard InChI is InChI=1S/C15H19N5O/c1-11(9-20-6-5-16-10-20)17-8-15-18-13-4-3-12(21-2)7-14(13)19-15/h3-7,10-11,17H,8-9H2,1-2H3,(H,18,19)/t11-/m0/s1. The molecule has 6 nitrogen and oxygen atoms in total. The van der Waals surface area contributed by atoms with Gasteiger partial charge in [-0.2, -0.15) is 0 Å². The van der Waals surface area contributed by atoms with Crippen LogP contribution in [0.1, 0.15) is 12.7 Å². The molecule has 0 radical (unpaired) electrons. The van der Waals surface area contributed by atoms with Gasteiger partial charge in [-0.3, -0.25) is 0 Å². The van der Waals surface area contributed by atoms with Gasteiger partial charge in [0.25, 0.3) is 0 Å². The maximum atomic E-state index is 5.22. The van der Waals surface area contributed by atoms with Crippen molar-refractivity contribution in [2.45, 2.75) is 26.1 Å². The van der Waals surface area contributed by atoms with E-state index < -0.39 is 0 Å². The van der Waals surface area contributed by atoms with Crippen molar-refractivity contribution in [2.24, 2.45) is 0 Å². The van der Waals surface area contributed by atoms with Crippen LogP contribution in [-0.4, -0.2) is 32.7 Å². The van der Waals surface area contributed by atoms with Crippen molar-refractivity contribution in [1.29, 1.82) is 0 Å². The number of aromatic nitrogens is 4. The molecule has 0 aliphatic heterocycles. The molecule has 3 aromatic rings. The van der Waals surface area contributed by atoms with Crippen molar-refractivity contribution in [3.05, 3.63) is 42.7 Å². The summed E-state index contributed by atoms with van der Waals surface area (Å²) in [5, 5.41) is 3.45. The molecule has 21 heavy (non-hydrogen) atoms. The summed E-state index contributed by atoms with van der Waals surface area (Å²) in [6.07, 6.45) is 5.58. The molecule has 0 saturated heterocycles. The fourth-order valence-electron chi connectivity index (χ4n) is 2.30. The molecule has 1 atom stereocenters. The summed E-state index contributed by atoms with van der Waals surface area (Å²) < 4.78 is 7.27. The van der Waals surface area contributed by atoms with Gasteiger partial charge < -0.3 is 19.6 Å². The van der Waals surface area contributed by atoms with Crippen LogP contribution in [0.5, 0.6) is 5.75 Å². The second kappa shape index (κ2) is 5.97. The highest BCUT2D eigenvalue weighted by molar-refractivity contribution is 5.76. The molecule has 0 aliphatic carbocycles. The van der Waals surface area contributed by atoms with Crippen LogP contribution in [0.25, 0.3) is 11.0 Å². The smallest absolute Gasteiger partial charge is 0.121 e. The Morgan fingerprint density at radius 3 is 3.10 bits per heavy atom. The first-order valence-corrected chi connectivity index (χ1v) is 6.96. The minimum atomic E-state index is 0.335. The van der Waals surface area contributed by atoms with Crippen LogP contribution >= 0.6 is 0 Å². The third kappa shape index (κ3) is 3.22. The van der Waals surface area contributed by atoms with Gasteiger partial charge in [0.05, 0.1) is 31.0 Å². The molecule has 0 aliphatic rings. The van der Waals surface area contributed by atoms with E-state index >= 15 is 0 Å². The summed E-state index contributed by atoms with van der Waals surface area (Å²) in [4.78, 5) is 11.9. The molecule has 0 saturated carbocycles. The number of aromatic amines is 1. The zero-order valence-corrected chi connectivity index (χ0v) is 12.2. The second-order valence-corrected chi connectivity index (χ2v) is 5.11. The number of hydrogen-bond acceptors (Lipinski definition) is 4. The van der Waals surface area contributed by atoms with E-state index in [0.29, 0.717) is 12.6 Å². The van der Waals surface area contributed by atoms with Gasteiger partial charge in [0, 0.05) is 31.0 Å².